The second kappa shape index (κ2) is 2.10. The standard InChI is InChI=1S/C7H7N3O2/c1-10-5(7(11)12)2-4-3-8-9-6(4)10/h2-3H,1H3,(H,8,9)(H,11,12). The number of carbonyl (C=O) groups is 1. The van der Waals surface area contributed by atoms with Crippen LogP contribution >= 0.6 is 0 Å². The van der Waals surface area contributed by atoms with Crippen molar-refractivity contribution in [2.45, 2.75) is 0 Å². The molecule has 0 spiro atoms. The van der Waals surface area contributed by atoms with E-state index in [1.54, 1.807) is 23.9 Å². The highest BCUT2D eigenvalue weighted by molar-refractivity contribution is 5.93. The van der Waals surface area contributed by atoms with Gasteiger partial charge in [-0.2, -0.15) is 5.10 Å². The first kappa shape index (κ1) is 6.90. The first-order valence-electron chi connectivity index (χ1n) is 3.42. The Hall–Kier alpha value is -1.78. The third-order valence-electron chi connectivity index (χ3n) is 1.86. The number of aromatic amines is 1. The quantitative estimate of drug-likeness (QED) is 0.650. The average Bonchev–Trinajstić information content (AvgIpc) is 2.53. The van der Waals surface area contributed by atoms with Gasteiger partial charge in [0.05, 0.1) is 6.20 Å². The van der Waals surface area contributed by atoms with Crippen LogP contribution < -0.4 is 0 Å². The summed E-state index contributed by atoms with van der Waals surface area (Å²) in [5.74, 6) is -0.929. The summed E-state index contributed by atoms with van der Waals surface area (Å²) in [7, 11) is 1.68. The molecule has 2 heterocycles. The zero-order valence-corrected chi connectivity index (χ0v) is 6.40. The molecule has 0 aliphatic rings. The summed E-state index contributed by atoms with van der Waals surface area (Å²) in [6.07, 6.45) is 1.60. The first-order valence-corrected chi connectivity index (χ1v) is 3.42. The van der Waals surface area contributed by atoms with E-state index in [1.807, 2.05) is 0 Å². The van der Waals surface area contributed by atoms with E-state index in [1.165, 1.54) is 0 Å². The van der Waals surface area contributed by atoms with Gasteiger partial charge in [-0.15, -0.1) is 0 Å². The molecule has 0 aliphatic heterocycles. The number of aromatic carboxylic acids is 1. The van der Waals surface area contributed by atoms with Crippen LogP contribution in [0.5, 0.6) is 0 Å². The Morgan fingerprint density at radius 2 is 2.50 bits per heavy atom. The summed E-state index contributed by atoms with van der Waals surface area (Å²) >= 11 is 0. The van der Waals surface area contributed by atoms with Gasteiger partial charge in [0.2, 0.25) is 0 Å². The normalized spacial score (nSPS) is 10.8. The van der Waals surface area contributed by atoms with Crippen molar-refractivity contribution in [2.75, 3.05) is 0 Å². The number of H-pyrrole nitrogens is 1. The molecule has 62 valence electrons. The number of nitrogens with zero attached hydrogens (tertiary/aromatic N) is 2. The molecular weight excluding hydrogens is 158 g/mol. The van der Waals surface area contributed by atoms with Gasteiger partial charge in [0.1, 0.15) is 11.3 Å². The summed E-state index contributed by atoms with van der Waals surface area (Å²) < 4.78 is 1.56. The third-order valence-corrected chi connectivity index (χ3v) is 1.86. The van der Waals surface area contributed by atoms with Crippen LogP contribution in [0.3, 0.4) is 0 Å². The number of aromatic nitrogens is 3. The van der Waals surface area contributed by atoms with Crippen LogP contribution in [0.25, 0.3) is 11.0 Å². The Morgan fingerprint density at radius 1 is 1.75 bits per heavy atom. The molecule has 2 rings (SSSR count). The number of carboxylic acid groups (broad SMARTS) is 1. The van der Waals surface area contributed by atoms with Gasteiger partial charge >= 0.3 is 5.97 Å². The summed E-state index contributed by atoms with van der Waals surface area (Å²) in [4.78, 5) is 10.6. The van der Waals surface area contributed by atoms with Gasteiger partial charge in [-0.1, -0.05) is 0 Å². The van der Waals surface area contributed by atoms with Crippen molar-refractivity contribution >= 4 is 17.0 Å². The van der Waals surface area contributed by atoms with Gasteiger partial charge in [-0.25, -0.2) is 4.79 Å². The molecule has 0 atom stereocenters. The molecule has 5 nitrogen and oxygen atoms in total. The van der Waals surface area contributed by atoms with Crippen LogP contribution in [0.4, 0.5) is 0 Å². The molecule has 0 aliphatic carbocycles. The zero-order valence-electron chi connectivity index (χ0n) is 6.40. The van der Waals surface area contributed by atoms with Gasteiger partial charge in [0, 0.05) is 12.4 Å². The number of aryl methyl sites for hydroxylation is 1. The number of rotatable bonds is 1. The van der Waals surface area contributed by atoms with E-state index in [-0.39, 0.29) is 5.69 Å². The summed E-state index contributed by atoms with van der Waals surface area (Å²) in [5, 5.41) is 16.0. The van der Waals surface area contributed by atoms with Gasteiger partial charge in [0.25, 0.3) is 0 Å². The van der Waals surface area contributed by atoms with E-state index in [2.05, 4.69) is 10.2 Å². The van der Waals surface area contributed by atoms with Crippen LogP contribution in [-0.2, 0) is 7.05 Å². The zero-order chi connectivity index (χ0) is 8.72. The lowest BCUT2D eigenvalue weighted by Gasteiger charge is -1.95. The Labute approximate surface area is 67.6 Å². The van der Waals surface area contributed by atoms with Crippen molar-refractivity contribution < 1.29 is 9.90 Å². The molecule has 0 unspecified atom stereocenters. The number of hydrogen-bond acceptors (Lipinski definition) is 2. The van der Waals surface area contributed by atoms with Crippen LogP contribution in [0.15, 0.2) is 12.3 Å². The lowest BCUT2D eigenvalue weighted by atomic mass is 10.4. The lowest BCUT2D eigenvalue weighted by Crippen LogP contribution is -2.04. The van der Waals surface area contributed by atoms with Crippen LogP contribution in [0.1, 0.15) is 10.5 Å². The molecule has 0 saturated heterocycles. The fraction of sp³-hybridized carbons (Fsp3) is 0.143. The van der Waals surface area contributed by atoms with Crippen molar-refractivity contribution in [1.82, 2.24) is 14.8 Å². The topological polar surface area (TPSA) is 70.9 Å². The molecule has 2 aromatic rings. The molecule has 0 saturated carbocycles. The molecule has 0 radical (unpaired) electrons. The second-order valence-corrected chi connectivity index (χ2v) is 2.57. The maximum Gasteiger partial charge on any atom is 0.352 e. The predicted octanol–water partition coefficient (Wildman–Crippen LogP) is 0.600. The van der Waals surface area contributed by atoms with Crippen molar-refractivity contribution in [3.8, 4) is 0 Å². The molecule has 2 aromatic heterocycles. The fourth-order valence-corrected chi connectivity index (χ4v) is 1.23. The van der Waals surface area contributed by atoms with Crippen molar-refractivity contribution in [1.29, 1.82) is 0 Å². The van der Waals surface area contributed by atoms with E-state index < -0.39 is 5.97 Å². The highest BCUT2D eigenvalue weighted by Gasteiger charge is 2.12. The number of carboxylic acids is 1. The van der Waals surface area contributed by atoms with E-state index in [0.29, 0.717) is 0 Å². The predicted molar refractivity (Wildman–Crippen MR) is 42.0 cm³/mol. The van der Waals surface area contributed by atoms with E-state index in [0.717, 1.165) is 11.0 Å². The Bertz CT molecular complexity index is 440. The monoisotopic (exact) mass is 165 g/mol. The highest BCUT2D eigenvalue weighted by Crippen LogP contribution is 2.14. The van der Waals surface area contributed by atoms with E-state index in [9.17, 15) is 4.79 Å². The molecule has 2 N–H and O–H groups in total. The first-order chi connectivity index (χ1) is 5.70. The van der Waals surface area contributed by atoms with Gasteiger partial charge < -0.3 is 9.67 Å². The largest absolute Gasteiger partial charge is 0.477 e. The van der Waals surface area contributed by atoms with Gasteiger partial charge in [-0.05, 0) is 6.07 Å². The highest BCUT2D eigenvalue weighted by atomic mass is 16.4. The number of fused-ring (bicyclic) bond motifs is 1. The molecule has 0 fully saturated rings. The molecule has 12 heavy (non-hydrogen) atoms. The van der Waals surface area contributed by atoms with Crippen molar-refractivity contribution in [3.63, 3.8) is 0 Å². The minimum absolute atomic E-state index is 0.263. The molecule has 0 amide bonds. The SMILES string of the molecule is Cn1c(C(=O)O)cc2cn[nH]c21. The second-order valence-electron chi connectivity index (χ2n) is 2.57. The van der Waals surface area contributed by atoms with Crippen molar-refractivity contribution in [2.24, 2.45) is 7.05 Å². The summed E-state index contributed by atoms with van der Waals surface area (Å²) in [6, 6.07) is 1.58. The Morgan fingerprint density at radius 3 is 3.08 bits per heavy atom. The van der Waals surface area contributed by atoms with Crippen LogP contribution in [0, 0.1) is 0 Å². The minimum atomic E-state index is -0.929. The summed E-state index contributed by atoms with van der Waals surface area (Å²) in [5.41, 5.74) is 0.992. The number of hydrogen-bond donors (Lipinski definition) is 2. The molecule has 0 aromatic carbocycles. The fourth-order valence-electron chi connectivity index (χ4n) is 1.23. The van der Waals surface area contributed by atoms with Gasteiger partial charge in [-0.3, -0.25) is 5.10 Å². The average molecular weight is 165 g/mol. The maximum absolute atomic E-state index is 10.6. The van der Waals surface area contributed by atoms with Crippen LogP contribution in [0.2, 0.25) is 0 Å². The minimum Gasteiger partial charge on any atom is -0.477 e. The maximum atomic E-state index is 10.6. The van der Waals surface area contributed by atoms with Gasteiger partial charge in [0.15, 0.2) is 0 Å². The smallest absolute Gasteiger partial charge is 0.352 e. The van der Waals surface area contributed by atoms with E-state index >= 15 is 0 Å². The molecule has 5 heteroatoms. The Kier molecular flexibility index (Phi) is 1.21. The lowest BCUT2D eigenvalue weighted by molar-refractivity contribution is 0.0687. The van der Waals surface area contributed by atoms with Crippen LogP contribution in [-0.4, -0.2) is 25.8 Å². The van der Waals surface area contributed by atoms with E-state index in [4.69, 9.17) is 5.11 Å². The molecule has 0 bridgehead atoms. The number of nitrogens with one attached hydrogen (secondary N) is 1. The molecular formula is C7H7N3O2. The third kappa shape index (κ3) is 0.730. The Balaban J connectivity index is 2.78. The van der Waals surface area contributed by atoms with Crippen molar-refractivity contribution in [3.05, 3.63) is 18.0 Å². The summed E-state index contributed by atoms with van der Waals surface area (Å²) in [6.45, 7) is 0.